The van der Waals surface area contributed by atoms with Gasteiger partial charge in [-0.05, 0) is 12.5 Å². The molecule has 8 heteroatoms. The lowest BCUT2D eigenvalue weighted by Crippen LogP contribution is -2.36. The van der Waals surface area contributed by atoms with Crippen LogP contribution < -0.4 is 9.80 Å². The summed E-state index contributed by atoms with van der Waals surface area (Å²) >= 11 is 0. The molecule has 0 spiro atoms. The molecular formula is C19H24N6O2. The van der Waals surface area contributed by atoms with Crippen LogP contribution in [0, 0.1) is 6.92 Å². The summed E-state index contributed by atoms with van der Waals surface area (Å²) < 4.78 is 7.17. The molecule has 142 valence electrons. The first kappa shape index (κ1) is 17.7. The normalized spacial score (nSPS) is 14.7. The van der Waals surface area contributed by atoms with E-state index < -0.39 is 0 Å². The van der Waals surface area contributed by atoms with Crippen LogP contribution in [0.15, 0.2) is 36.4 Å². The van der Waals surface area contributed by atoms with E-state index in [-0.39, 0.29) is 6.61 Å². The third-order valence-corrected chi connectivity index (χ3v) is 4.67. The molecule has 3 aromatic rings. The van der Waals surface area contributed by atoms with Gasteiger partial charge < -0.3 is 19.6 Å². The van der Waals surface area contributed by atoms with Gasteiger partial charge in [-0.15, -0.1) is 5.10 Å². The average molecular weight is 368 g/mol. The Balaban J connectivity index is 1.65. The standard InChI is InChI=1S/C19H24N6O2/c1-15-13-17(24(7-10-26)14-16-5-3-2-4-6-16)20-18-21-19(22-25(15)18)23-8-11-27-12-9-23/h2-6,13,26H,7-12,14H2,1H3. The van der Waals surface area contributed by atoms with Crippen LogP contribution in [0.3, 0.4) is 0 Å². The molecule has 0 aliphatic carbocycles. The summed E-state index contributed by atoms with van der Waals surface area (Å²) in [5, 5.41) is 14.1. The van der Waals surface area contributed by atoms with E-state index in [1.165, 1.54) is 5.56 Å². The molecule has 0 saturated carbocycles. The zero-order chi connectivity index (χ0) is 18.6. The van der Waals surface area contributed by atoms with Crippen molar-refractivity contribution in [2.75, 3.05) is 49.3 Å². The molecule has 27 heavy (non-hydrogen) atoms. The second-order valence-electron chi connectivity index (χ2n) is 6.61. The van der Waals surface area contributed by atoms with Gasteiger partial charge >= 0.3 is 0 Å². The molecule has 1 aromatic carbocycles. The maximum atomic E-state index is 9.51. The number of benzene rings is 1. The minimum Gasteiger partial charge on any atom is -0.395 e. The Morgan fingerprint density at radius 3 is 2.67 bits per heavy atom. The Kier molecular flexibility index (Phi) is 5.17. The van der Waals surface area contributed by atoms with Gasteiger partial charge in [-0.2, -0.15) is 14.5 Å². The molecule has 1 aliphatic heterocycles. The van der Waals surface area contributed by atoms with E-state index in [0.29, 0.717) is 38.0 Å². The third kappa shape index (κ3) is 3.86. The fraction of sp³-hybridized carbons (Fsp3) is 0.421. The lowest BCUT2D eigenvalue weighted by Gasteiger charge is -2.25. The van der Waals surface area contributed by atoms with E-state index in [2.05, 4.69) is 32.0 Å². The Morgan fingerprint density at radius 1 is 1.15 bits per heavy atom. The molecule has 1 aliphatic rings. The first-order chi connectivity index (χ1) is 13.2. The summed E-state index contributed by atoms with van der Waals surface area (Å²) in [6.45, 7) is 6.18. The highest BCUT2D eigenvalue weighted by atomic mass is 16.5. The van der Waals surface area contributed by atoms with Crippen molar-refractivity contribution in [2.24, 2.45) is 0 Å². The molecule has 0 atom stereocenters. The number of nitrogens with zero attached hydrogens (tertiary/aromatic N) is 6. The number of aromatic nitrogens is 4. The number of hydrogen-bond acceptors (Lipinski definition) is 7. The van der Waals surface area contributed by atoms with Crippen LogP contribution in [0.25, 0.3) is 5.78 Å². The fourth-order valence-electron chi connectivity index (χ4n) is 3.24. The summed E-state index contributed by atoms with van der Waals surface area (Å²) in [5.74, 6) is 2.05. The van der Waals surface area contributed by atoms with E-state index in [1.54, 1.807) is 4.52 Å². The molecular weight excluding hydrogens is 344 g/mol. The zero-order valence-corrected chi connectivity index (χ0v) is 15.5. The molecule has 8 nitrogen and oxygen atoms in total. The Hall–Kier alpha value is -2.71. The smallest absolute Gasteiger partial charge is 0.256 e. The molecule has 0 radical (unpaired) electrons. The number of fused-ring (bicyclic) bond motifs is 1. The van der Waals surface area contributed by atoms with Crippen molar-refractivity contribution >= 4 is 17.5 Å². The lowest BCUT2D eigenvalue weighted by atomic mass is 10.2. The molecule has 1 N–H and O–H groups in total. The number of aliphatic hydroxyl groups is 1. The van der Waals surface area contributed by atoms with Crippen molar-refractivity contribution in [3.05, 3.63) is 47.7 Å². The van der Waals surface area contributed by atoms with Gasteiger partial charge in [0.1, 0.15) is 5.82 Å². The molecule has 3 heterocycles. The quantitative estimate of drug-likeness (QED) is 0.702. The van der Waals surface area contributed by atoms with Gasteiger partial charge in [-0.1, -0.05) is 30.3 Å². The van der Waals surface area contributed by atoms with Crippen LogP contribution in [0.5, 0.6) is 0 Å². The first-order valence-corrected chi connectivity index (χ1v) is 9.21. The number of ether oxygens (including phenoxy) is 1. The van der Waals surface area contributed by atoms with E-state index in [1.807, 2.05) is 31.2 Å². The predicted molar refractivity (Wildman–Crippen MR) is 103 cm³/mol. The van der Waals surface area contributed by atoms with E-state index in [4.69, 9.17) is 9.72 Å². The maximum Gasteiger partial charge on any atom is 0.256 e. The topological polar surface area (TPSA) is 79.0 Å². The summed E-state index contributed by atoms with van der Waals surface area (Å²) in [6, 6.07) is 12.2. The van der Waals surface area contributed by atoms with Gasteiger partial charge in [-0.25, -0.2) is 0 Å². The minimum absolute atomic E-state index is 0.0600. The summed E-state index contributed by atoms with van der Waals surface area (Å²) in [5.41, 5.74) is 2.12. The van der Waals surface area contributed by atoms with Crippen molar-refractivity contribution in [3.63, 3.8) is 0 Å². The monoisotopic (exact) mass is 368 g/mol. The van der Waals surface area contributed by atoms with Gasteiger partial charge in [0.15, 0.2) is 0 Å². The van der Waals surface area contributed by atoms with Gasteiger partial charge in [-0.3, -0.25) is 0 Å². The SMILES string of the molecule is Cc1cc(N(CCO)Cc2ccccc2)nc2nc(N3CCOCC3)nn12. The number of rotatable bonds is 6. The highest BCUT2D eigenvalue weighted by Crippen LogP contribution is 2.19. The zero-order valence-electron chi connectivity index (χ0n) is 15.5. The van der Waals surface area contributed by atoms with E-state index in [9.17, 15) is 5.11 Å². The molecule has 4 rings (SSSR count). The number of aliphatic hydroxyl groups excluding tert-OH is 1. The van der Waals surface area contributed by atoms with Crippen molar-refractivity contribution in [1.29, 1.82) is 0 Å². The van der Waals surface area contributed by atoms with Gasteiger partial charge in [0, 0.05) is 37.9 Å². The van der Waals surface area contributed by atoms with Crippen LogP contribution in [0.1, 0.15) is 11.3 Å². The molecule has 2 aromatic heterocycles. The first-order valence-electron chi connectivity index (χ1n) is 9.21. The van der Waals surface area contributed by atoms with Gasteiger partial charge in [0.25, 0.3) is 5.78 Å². The van der Waals surface area contributed by atoms with Crippen LogP contribution in [0.2, 0.25) is 0 Å². The second-order valence-corrected chi connectivity index (χ2v) is 6.61. The Bertz CT molecular complexity index is 892. The summed E-state index contributed by atoms with van der Waals surface area (Å²) in [7, 11) is 0. The highest BCUT2D eigenvalue weighted by molar-refractivity contribution is 5.49. The van der Waals surface area contributed by atoms with Crippen LogP contribution in [-0.2, 0) is 11.3 Å². The van der Waals surface area contributed by atoms with Gasteiger partial charge in [0.2, 0.25) is 5.95 Å². The Morgan fingerprint density at radius 2 is 1.93 bits per heavy atom. The average Bonchev–Trinajstić information content (AvgIpc) is 3.14. The Labute approximate surface area is 158 Å². The number of morpholine rings is 1. The maximum absolute atomic E-state index is 9.51. The lowest BCUT2D eigenvalue weighted by molar-refractivity contribution is 0.122. The molecule has 1 saturated heterocycles. The summed E-state index contributed by atoms with van der Waals surface area (Å²) in [4.78, 5) is 13.5. The second kappa shape index (κ2) is 7.89. The number of aryl methyl sites for hydroxylation is 1. The molecule has 1 fully saturated rings. The number of anilines is 2. The van der Waals surface area contributed by atoms with E-state index >= 15 is 0 Å². The third-order valence-electron chi connectivity index (χ3n) is 4.67. The largest absolute Gasteiger partial charge is 0.395 e. The van der Waals surface area contributed by atoms with Crippen LogP contribution in [-0.4, -0.2) is 64.1 Å². The molecule has 0 amide bonds. The van der Waals surface area contributed by atoms with Gasteiger partial charge in [0.05, 0.1) is 19.8 Å². The minimum atomic E-state index is 0.0600. The highest BCUT2D eigenvalue weighted by Gasteiger charge is 2.19. The van der Waals surface area contributed by atoms with Crippen molar-refractivity contribution in [1.82, 2.24) is 19.6 Å². The van der Waals surface area contributed by atoms with E-state index in [0.717, 1.165) is 24.6 Å². The fourth-order valence-corrected chi connectivity index (χ4v) is 3.24. The van der Waals surface area contributed by atoms with Crippen LogP contribution in [0.4, 0.5) is 11.8 Å². The predicted octanol–water partition coefficient (Wildman–Crippen LogP) is 1.27. The molecule has 0 unspecified atom stereocenters. The van der Waals surface area contributed by atoms with Crippen molar-refractivity contribution in [3.8, 4) is 0 Å². The summed E-state index contributed by atoms with van der Waals surface area (Å²) in [6.07, 6.45) is 0. The van der Waals surface area contributed by atoms with Crippen molar-refractivity contribution in [2.45, 2.75) is 13.5 Å². The van der Waals surface area contributed by atoms with Crippen molar-refractivity contribution < 1.29 is 9.84 Å². The van der Waals surface area contributed by atoms with Crippen LogP contribution >= 0.6 is 0 Å². The molecule has 0 bridgehead atoms. The number of hydrogen-bond donors (Lipinski definition) is 1.